The second-order valence-electron chi connectivity index (χ2n) is 6.41. The van der Waals surface area contributed by atoms with Gasteiger partial charge in [-0.1, -0.05) is 12.1 Å². The van der Waals surface area contributed by atoms with Gasteiger partial charge >= 0.3 is 6.03 Å². The average molecular weight is 341 g/mol. The topological polar surface area (TPSA) is 61.4 Å². The Labute approximate surface area is 145 Å². The third kappa shape index (κ3) is 3.26. The number of nitrogens with one attached hydrogen (secondary N) is 1. The monoisotopic (exact) mass is 341 g/mol. The molecule has 0 spiro atoms. The van der Waals surface area contributed by atoms with Gasteiger partial charge in [0, 0.05) is 26.2 Å². The van der Waals surface area contributed by atoms with Gasteiger partial charge in [0.05, 0.1) is 11.4 Å². The van der Waals surface area contributed by atoms with Crippen LogP contribution in [0.3, 0.4) is 0 Å². The molecule has 4 rings (SSSR count). The lowest BCUT2D eigenvalue weighted by atomic mass is 10.2. The standard InChI is InChI=1S/C18H20FN5O/c19-14-5-1-2-6-16(14)20-18(25)24-10-8-23(9-11-24)17-12-13-4-3-7-15(13)21-22-17/h1-2,5-6,12H,3-4,7-11H2,(H,20,25). The predicted molar refractivity (Wildman–Crippen MR) is 93.3 cm³/mol. The zero-order valence-corrected chi connectivity index (χ0v) is 13.9. The molecule has 130 valence electrons. The maximum Gasteiger partial charge on any atom is 0.322 e. The Morgan fingerprint density at radius 1 is 1.08 bits per heavy atom. The van der Waals surface area contributed by atoms with Gasteiger partial charge in [-0.15, -0.1) is 5.10 Å². The Kier molecular flexibility index (Phi) is 4.21. The molecule has 2 amide bonds. The molecule has 0 bridgehead atoms. The molecule has 1 aromatic heterocycles. The smallest absolute Gasteiger partial charge is 0.322 e. The van der Waals surface area contributed by atoms with Crippen LogP contribution in [-0.4, -0.2) is 47.3 Å². The van der Waals surface area contributed by atoms with E-state index in [2.05, 4.69) is 26.5 Å². The van der Waals surface area contributed by atoms with Crippen LogP contribution in [0.1, 0.15) is 17.7 Å². The van der Waals surface area contributed by atoms with Crippen molar-refractivity contribution in [3.05, 3.63) is 47.4 Å². The number of carbonyl (C=O) groups is 1. The summed E-state index contributed by atoms with van der Waals surface area (Å²) in [6.45, 7) is 2.52. The summed E-state index contributed by atoms with van der Waals surface area (Å²) in [6.07, 6.45) is 3.24. The molecule has 1 aromatic carbocycles. The molecule has 0 atom stereocenters. The molecule has 0 unspecified atom stereocenters. The zero-order chi connectivity index (χ0) is 17.2. The van der Waals surface area contributed by atoms with Crippen LogP contribution < -0.4 is 10.2 Å². The van der Waals surface area contributed by atoms with Crippen LogP contribution in [0.15, 0.2) is 30.3 Å². The number of carbonyl (C=O) groups excluding carboxylic acids is 1. The predicted octanol–water partition coefficient (Wildman–Crippen LogP) is 2.46. The third-order valence-electron chi connectivity index (χ3n) is 4.81. The van der Waals surface area contributed by atoms with E-state index < -0.39 is 5.82 Å². The van der Waals surface area contributed by atoms with E-state index in [0.29, 0.717) is 26.2 Å². The Bertz CT molecular complexity index is 789. The van der Waals surface area contributed by atoms with Gasteiger partial charge in [0.25, 0.3) is 0 Å². The van der Waals surface area contributed by atoms with E-state index in [1.54, 1.807) is 23.1 Å². The number of hydrogen-bond acceptors (Lipinski definition) is 4. The highest BCUT2D eigenvalue weighted by molar-refractivity contribution is 5.89. The van der Waals surface area contributed by atoms with Crippen LogP contribution in [-0.2, 0) is 12.8 Å². The number of rotatable bonds is 2. The molecular weight excluding hydrogens is 321 g/mol. The fourth-order valence-electron chi connectivity index (χ4n) is 3.37. The van der Waals surface area contributed by atoms with Gasteiger partial charge in [-0.25, -0.2) is 9.18 Å². The maximum absolute atomic E-state index is 13.7. The van der Waals surface area contributed by atoms with Crippen LogP contribution in [0.25, 0.3) is 0 Å². The fraction of sp³-hybridized carbons (Fsp3) is 0.389. The largest absolute Gasteiger partial charge is 0.352 e. The second-order valence-corrected chi connectivity index (χ2v) is 6.41. The van der Waals surface area contributed by atoms with Gasteiger partial charge in [0.1, 0.15) is 5.82 Å². The summed E-state index contributed by atoms with van der Waals surface area (Å²) in [5.74, 6) is 0.456. The number of hydrogen-bond donors (Lipinski definition) is 1. The van der Waals surface area contributed by atoms with Crippen LogP contribution in [0.5, 0.6) is 0 Å². The van der Waals surface area contributed by atoms with E-state index in [1.165, 1.54) is 11.6 Å². The molecule has 25 heavy (non-hydrogen) atoms. The van der Waals surface area contributed by atoms with Crippen LogP contribution in [0, 0.1) is 5.82 Å². The van der Waals surface area contributed by atoms with E-state index >= 15 is 0 Å². The molecule has 0 radical (unpaired) electrons. The molecule has 1 aliphatic heterocycles. The highest BCUT2D eigenvalue weighted by Gasteiger charge is 2.24. The Morgan fingerprint density at radius 2 is 1.88 bits per heavy atom. The lowest BCUT2D eigenvalue weighted by Gasteiger charge is -2.35. The zero-order valence-electron chi connectivity index (χ0n) is 13.9. The number of urea groups is 1. The average Bonchev–Trinajstić information content (AvgIpc) is 3.11. The number of benzene rings is 1. The van der Waals surface area contributed by atoms with Crippen LogP contribution in [0.2, 0.25) is 0 Å². The molecule has 2 aliphatic rings. The summed E-state index contributed by atoms with van der Waals surface area (Å²) in [5.41, 5.74) is 2.62. The first-order valence-electron chi connectivity index (χ1n) is 8.61. The van der Waals surface area contributed by atoms with E-state index in [4.69, 9.17) is 0 Å². The van der Waals surface area contributed by atoms with Gasteiger partial charge in [-0.05, 0) is 43.0 Å². The molecular formula is C18H20FN5O. The van der Waals surface area contributed by atoms with E-state index in [1.807, 2.05) is 0 Å². The molecule has 1 saturated heterocycles. The Morgan fingerprint density at radius 3 is 2.68 bits per heavy atom. The minimum Gasteiger partial charge on any atom is -0.352 e. The summed E-state index contributed by atoms with van der Waals surface area (Å²) in [7, 11) is 0. The van der Waals surface area contributed by atoms with Crippen molar-refractivity contribution >= 4 is 17.5 Å². The van der Waals surface area contributed by atoms with E-state index in [0.717, 1.165) is 30.8 Å². The first-order chi connectivity index (χ1) is 12.2. The van der Waals surface area contributed by atoms with Gasteiger partial charge < -0.3 is 15.1 Å². The first kappa shape index (κ1) is 15.8. The maximum atomic E-state index is 13.7. The molecule has 2 heterocycles. The molecule has 6 nitrogen and oxygen atoms in total. The SMILES string of the molecule is O=C(Nc1ccccc1F)N1CCN(c2cc3c(nn2)CCC3)CC1. The summed E-state index contributed by atoms with van der Waals surface area (Å²) < 4.78 is 13.7. The number of halogens is 1. The van der Waals surface area contributed by atoms with Crippen molar-refractivity contribution in [2.75, 3.05) is 36.4 Å². The third-order valence-corrected chi connectivity index (χ3v) is 4.81. The summed E-state index contributed by atoms with van der Waals surface area (Å²) in [5, 5.41) is 11.3. The van der Waals surface area contributed by atoms with Crippen molar-refractivity contribution in [2.24, 2.45) is 0 Å². The number of piperazine rings is 1. The highest BCUT2D eigenvalue weighted by Crippen LogP contribution is 2.23. The van der Waals surface area contributed by atoms with E-state index in [-0.39, 0.29) is 11.7 Å². The van der Waals surface area contributed by atoms with Crippen molar-refractivity contribution in [1.82, 2.24) is 15.1 Å². The number of aryl methyl sites for hydroxylation is 2. The second kappa shape index (κ2) is 6.66. The lowest BCUT2D eigenvalue weighted by Crippen LogP contribution is -2.50. The van der Waals surface area contributed by atoms with E-state index in [9.17, 15) is 9.18 Å². The summed E-state index contributed by atoms with van der Waals surface area (Å²) in [6, 6.07) is 8.04. The first-order valence-corrected chi connectivity index (χ1v) is 8.61. The molecule has 1 N–H and O–H groups in total. The molecule has 1 fully saturated rings. The van der Waals surface area contributed by atoms with Crippen molar-refractivity contribution in [3.8, 4) is 0 Å². The van der Waals surface area contributed by atoms with Gasteiger partial charge in [0.15, 0.2) is 5.82 Å². The number of amides is 2. The molecule has 7 heteroatoms. The van der Waals surface area contributed by atoms with Crippen molar-refractivity contribution in [3.63, 3.8) is 0 Å². The van der Waals surface area contributed by atoms with Gasteiger partial charge in [-0.2, -0.15) is 5.10 Å². The molecule has 1 aliphatic carbocycles. The minimum absolute atomic E-state index is 0.208. The lowest BCUT2D eigenvalue weighted by molar-refractivity contribution is 0.208. The number of fused-ring (bicyclic) bond motifs is 1. The summed E-state index contributed by atoms with van der Waals surface area (Å²) >= 11 is 0. The summed E-state index contributed by atoms with van der Waals surface area (Å²) in [4.78, 5) is 16.2. The number of nitrogens with zero attached hydrogens (tertiary/aromatic N) is 4. The normalized spacial score (nSPS) is 16.7. The van der Waals surface area contributed by atoms with Crippen molar-refractivity contribution < 1.29 is 9.18 Å². The Hall–Kier alpha value is -2.70. The Balaban J connectivity index is 1.36. The fourth-order valence-corrected chi connectivity index (χ4v) is 3.37. The van der Waals surface area contributed by atoms with Gasteiger partial charge in [0.2, 0.25) is 0 Å². The highest BCUT2D eigenvalue weighted by atomic mass is 19.1. The molecule has 0 saturated carbocycles. The van der Waals surface area contributed by atoms with Crippen molar-refractivity contribution in [1.29, 1.82) is 0 Å². The minimum atomic E-state index is -0.428. The van der Waals surface area contributed by atoms with Crippen molar-refractivity contribution in [2.45, 2.75) is 19.3 Å². The number of anilines is 2. The number of para-hydroxylation sites is 1. The number of aromatic nitrogens is 2. The van der Waals surface area contributed by atoms with Crippen LogP contribution >= 0.6 is 0 Å². The van der Waals surface area contributed by atoms with Gasteiger partial charge in [-0.3, -0.25) is 0 Å². The van der Waals surface area contributed by atoms with Crippen LogP contribution in [0.4, 0.5) is 20.7 Å². The quantitative estimate of drug-likeness (QED) is 0.911. The molecule has 2 aromatic rings.